The largest absolute Gasteiger partial charge is 0.354 e. The number of carbonyl (C=O) groups is 2. The van der Waals surface area contributed by atoms with Crippen LogP contribution in [0.25, 0.3) is 0 Å². The summed E-state index contributed by atoms with van der Waals surface area (Å²) in [6, 6.07) is 33.2. The molecule has 0 saturated carbocycles. The average molecular weight is 584 g/mol. The summed E-state index contributed by atoms with van der Waals surface area (Å²) in [5.74, 6) is -0.760. The number of hydrogen-bond acceptors (Lipinski definition) is 4. The van der Waals surface area contributed by atoms with Gasteiger partial charge in [-0.2, -0.15) is 0 Å². The van der Waals surface area contributed by atoms with Crippen LogP contribution in [0.3, 0.4) is 0 Å². The van der Waals surface area contributed by atoms with Crippen LogP contribution in [0.2, 0.25) is 0 Å². The molecule has 0 bridgehead atoms. The Morgan fingerprint density at radius 2 is 1.31 bits per heavy atom. The van der Waals surface area contributed by atoms with E-state index in [4.69, 9.17) is 0 Å². The number of nitrogens with zero attached hydrogens (tertiary/aromatic N) is 2. The van der Waals surface area contributed by atoms with Gasteiger partial charge in [-0.15, -0.1) is 0 Å². The molecule has 218 valence electrons. The fraction of sp³-hybridized carbons (Fsp3) is 0.235. The van der Waals surface area contributed by atoms with Crippen LogP contribution < -0.4 is 9.62 Å². The number of hydrogen-bond donors (Lipinski definition) is 1. The van der Waals surface area contributed by atoms with Crippen LogP contribution in [0.4, 0.5) is 5.69 Å². The molecule has 0 spiro atoms. The van der Waals surface area contributed by atoms with Crippen molar-refractivity contribution in [2.24, 2.45) is 0 Å². The van der Waals surface area contributed by atoms with Crippen LogP contribution in [0.5, 0.6) is 0 Å². The van der Waals surface area contributed by atoms with Gasteiger partial charge in [0.15, 0.2) is 0 Å². The van der Waals surface area contributed by atoms with Crippen molar-refractivity contribution in [3.05, 3.63) is 132 Å². The van der Waals surface area contributed by atoms with Crippen molar-refractivity contribution >= 4 is 27.5 Å². The first-order chi connectivity index (χ1) is 20.3. The highest BCUT2D eigenvalue weighted by Gasteiger charge is 2.34. The Hall–Kier alpha value is -4.43. The van der Waals surface area contributed by atoms with Gasteiger partial charge in [0.25, 0.3) is 10.0 Å². The first kappa shape index (κ1) is 30.5. The molecule has 0 fully saturated rings. The van der Waals surface area contributed by atoms with E-state index in [0.29, 0.717) is 12.2 Å². The van der Waals surface area contributed by atoms with Crippen molar-refractivity contribution < 1.29 is 18.0 Å². The van der Waals surface area contributed by atoms with Gasteiger partial charge in [-0.1, -0.05) is 103 Å². The van der Waals surface area contributed by atoms with Gasteiger partial charge in [0.2, 0.25) is 11.8 Å². The molecule has 0 heterocycles. The maximum Gasteiger partial charge on any atom is 0.264 e. The Balaban J connectivity index is 1.77. The summed E-state index contributed by atoms with van der Waals surface area (Å²) in [6.07, 6.45) is 1.03. The van der Waals surface area contributed by atoms with Gasteiger partial charge in [-0.25, -0.2) is 8.42 Å². The van der Waals surface area contributed by atoms with E-state index in [9.17, 15) is 18.0 Å². The van der Waals surface area contributed by atoms with Gasteiger partial charge < -0.3 is 10.2 Å². The summed E-state index contributed by atoms with van der Waals surface area (Å²) in [5, 5.41) is 2.96. The number of carbonyl (C=O) groups excluding carboxylic acids is 2. The Morgan fingerprint density at radius 3 is 1.88 bits per heavy atom. The molecule has 42 heavy (non-hydrogen) atoms. The minimum absolute atomic E-state index is 0.0782. The van der Waals surface area contributed by atoms with Crippen LogP contribution >= 0.6 is 0 Å². The summed E-state index contributed by atoms with van der Waals surface area (Å²) in [6.45, 7) is 4.02. The molecule has 1 N–H and O–H groups in total. The van der Waals surface area contributed by atoms with Crippen molar-refractivity contribution in [2.45, 2.75) is 44.2 Å². The molecule has 0 aliphatic carbocycles. The Bertz CT molecular complexity index is 1550. The molecule has 4 rings (SSSR count). The van der Waals surface area contributed by atoms with Crippen LogP contribution in [-0.4, -0.2) is 44.3 Å². The quantitative estimate of drug-likeness (QED) is 0.230. The molecule has 7 nitrogen and oxygen atoms in total. The SMILES string of the molecule is CCCNC(=O)C(Cc1ccccc1)N(Cc1ccccc1)C(=O)CN(c1ccc(C)cc1)S(=O)(=O)c1ccccc1. The fourth-order valence-electron chi connectivity index (χ4n) is 4.66. The second-order valence-corrected chi connectivity index (χ2v) is 12.0. The lowest BCUT2D eigenvalue weighted by Gasteiger charge is -2.34. The first-order valence-corrected chi connectivity index (χ1v) is 15.5. The predicted octanol–water partition coefficient (Wildman–Crippen LogP) is 5.36. The number of aryl methyl sites for hydroxylation is 1. The van der Waals surface area contributed by atoms with Gasteiger partial charge in [0.1, 0.15) is 12.6 Å². The van der Waals surface area contributed by atoms with Crippen molar-refractivity contribution in [1.82, 2.24) is 10.2 Å². The number of rotatable bonds is 13. The highest BCUT2D eigenvalue weighted by Crippen LogP contribution is 2.25. The maximum absolute atomic E-state index is 14.3. The van der Waals surface area contributed by atoms with Crippen molar-refractivity contribution in [1.29, 1.82) is 0 Å². The summed E-state index contributed by atoms with van der Waals surface area (Å²) in [7, 11) is -4.10. The predicted molar refractivity (Wildman–Crippen MR) is 166 cm³/mol. The van der Waals surface area contributed by atoms with Gasteiger partial charge in [0, 0.05) is 19.5 Å². The average Bonchev–Trinajstić information content (AvgIpc) is 3.02. The molecule has 4 aromatic rings. The molecule has 0 radical (unpaired) electrons. The second-order valence-electron chi connectivity index (χ2n) is 10.2. The van der Waals surface area contributed by atoms with Crippen molar-refractivity contribution in [3.63, 3.8) is 0 Å². The Labute approximate surface area is 248 Å². The molecule has 0 aliphatic heterocycles. The standard InChI is InChI=1S/C34H37N3O4S/c1-3-23-35-34(39)32(24-28-13-7-4-8-14-28)36(25-29-15-9-5-10-16-29)33(38)26-37(30-21-19-27(2)20-22-30)42(40,41)31-17-11-6-12-18-31/h4-22,32H,3,23-26H2,1-2H3,(H,35,39). The Morgan fingerprint density at radius 1 is 0.762 bits per heavy atom. The first-order valence-electron chi connectivity index (χ1n) is 14.1. The lowest BCUT2D eigenvalue weighted by Crippen LogP contribution is -2.53. The molecular weight excluding hydrogens is 546 g/mol. The second kappa shape index (κ2) is 14.5. The third-order valence-electron chi connectivity index (χ3n) is 6.95. The number of amides is 2. The number of anilines is 1. The van der Waals surface area contributed by atoms with E-state index in [-0.39, 0.29) is 23.8 Å². The number of sulfonamides is 1. The molecule has 2 amide bonds. The fourth-order valence-corrected chi connectivity index (χ4v) is 6.09. The third kappa shape index (κ3) is 7.85. The van der Waals surface area contributed by atoms with Crippen molar-refractivity contribution in [2.75, 3.05) is 17.4 Å². The topological polar surface area (TPSA) is 86.8 Å². The van der Waals surface area contributed by atoms with Gasteiger partial charge in [-0.05, 0) is 48.7 Å². The summed E-state index contributed by atoms with van der Waals surface area (Å²) in [5.41, 5.74) is 3.06. The van der Waals surface area contributed by atoms with Crippen molar-refractivity contribution in [3.8, 4) is 0 Å². The van der Waals surface area contributed by atoms with Crippen LogP contribution in [0.15, 0.2) is 120 Å². The smallest absolute Gasteiger partial charge is 0.264 e. The zero-order chi connectivity index (χ0) is 30.0. The van der Waals surface area contributed by atoms with Gasteiger partial charge >= 0.3 is 0 Å². The van der Waals surface area contributed by atoms with Gasteiger partial charge in [0.05, 0.1) is 10.6 Å². The van der Waals surface area contributed by atoms with E-state index in [1.807, 2.05) is 86.6 Å². The minimum atomic E-state index is -4.10. The zero-order valence-corrected chi connectivity index (χ0v) is 24.8. The van der Waals surface area contributed by atoms with Gasteiger partial charge in [-0.3, -0.25) is 13.9 Å². The maximum atomic E-state index is 14.3. The highest BCUT2D eigenvalue weighted by atomic mass is 32.2. The lowest BCUT2D eigenvalue weighted by molar-refractivity contribution is -0.140. The molecule has 1 atom stereocenters. The summed E-state index contributed by atoms with van der Waals surface area (Å²) < 4.78 is 29.0. The van der Waals surface area contributed by atoms with E-state index in [1.165, 1.54) is 17.0 Å². The minimum Gasteiger partial charge on any atom is -0.354 e. The third-order valence-corrected chi connectivity index (χ3v) is 8.74. The van der Waals surface area contributed by atoms with E-state index in [0.717, 1.165) is 27.4 Å². The van der Waals surface area contributed by atoms with E-state index in [2.05, 4.69) is 5.32 Å². The molecule has 0 saturated heterocycles. The van der Waals surface area contributed by atoms with E-state index in [1.54, 1.807) is 30.3 Å². The van der Waals surface area contributed by atoms with Crippen LogP contribution in [-0.2, 0) is 32.6 Å². The highest BCUT2D eigenvalue weighted by molar-refractivity contribution is 7.92. The van der Waals surface area contributed by atoms with Crippen LogP contribution in [0.1, 0.15) is 30.0 Å². The van der Waals surface area contributed by atoms with E-state index >= 15 is 0 Å². The molecule has 0 aliphatic rings. The van der Waals surface area contributed by atoms with Crippen LogP contribution in [0, 0.1) is 6.92 Å². The molecule has 4 aromatic carbocycles. The van der Waals surface area contributed by atoms with E-state index < -0.39 is 28.5 Å². The molecule has 1 unspecified atom stereocenters. The summed E-state index contributed by atoms with van der Waals surface area (Å²) in [4.78, 5) is 29.5. The zero-order valence-electron chi connectivity index (χ0n) is 24.0. The lowest BCUT2D eigenvalue weighted by atomic mass is 10.0. The number of benzene rings is 4. The summed E-state index contributed by atoms with van der Waals surface area (Å²) >= 11 is 0. The molecule has 0 aromatic heterocycles. The molecular formula is C34H37N3O4S. The molecule has 8 heteroatoms. The number of nitrogens with one attached hydrogen (secondary N) is 1. The Kier molecular flexibility index (Phi) is 10.5. The monoisotopic (exact) mass is 583 g/mol. The normalized spacial score (nSPS) is 11.9.